The quantitative estimate of drug-likeness (QED) is 0.545. The van der Waals surface area contributed by atoms with Gasteiger partial charge in [-0.15, -0.1) is 0 Å². The molecule has 0 radical (unpaired) electrons. The van der Waals surface area contributed by atoms with Crippen molar-refractivity contribution in [1.82, 2.24) is 29.6 Å². The fourth-order valence-corrected chi connectivity index (χ4v) is 3.87. The molecule has 1 aliphatic rings. The van der Waals surface area contributed by atoms with E-state index in [1.54, 1.807) is 12.4 Å². The van der Waals surface area contributed by atoms with E-state index in [-0.39, 0.29) is 11.5 Å². The molecule has 1 aromatic carbocycles. The number of nitrogen functional groups attached to an aromatic ring is 1. The molecule has 8 nitrogen and oxygen atoms in total. The van der Waals surface area contributed by atoms with Crippen molar-refractivity contribution in [2.45, 2.75) is 19.5 Å². The van der Waals surface area contributed by atoms with E-state index in [0.717, 1.165) is 34.7 Å². The van der Waals surface area contributed by atoms with Gasteiger partial charge in [-0.05, 0) is 24.3 Å². The molecule has 5 rings (SSSR count). The number of H-pyrrole nitrogens is 1. The van der Waals surface area contributed by atoms with Gasteiger partial charge in [-0.25, -0.2) is 9.67 Å². The van der Waals surface area contributed by atoms with E-state index in [9.17, 15) is 4.79 Å². The molecule has 0 bridgehead atoms. The Morgan fingerprint density at radius 1 is 1.10 bits per heavy atom. The number of rotatable bonds is 4. The van der Waals surface area contributed by atoms with Gasteiger partial charge in [0.2, 0.25) is 5.95 Å². The minimum Gasteiger partial charge on any atom is -0.369 e. The normalized spacial score (nSPS) is 13.9. The van der Waals surface area contributed by atoms with Gasteiger partial charge in [0.05, 0.1) is 22.6 Å². The summed E-state index contributed by atoms with van der Waals surface area (Å²) in [6, 6.07) is 14.0. The molecule has 0 saturated heterocycles. The number of anilines is 1. The summed E-state index contributed by atoms with van der Waals surface area (Å²) in [4.78, 5) is 25.6. The minimum atomic E-state index is -0.156. The Morgan fingerprint density at radius 3 is 2.70 bits per heavy atom. The number of nitrogens with zero attached hydrogens (tertiary/aromatic N) is 5. The fourth-order valence-electron chi connectivity index (χ4n) is 3.87. The number of hydrogen-bond acceptors (Lipinski definition) is 6. The predicted molar refractivity (Wildman–Crippen MR) is 114 cm³/mol. The summed E-state index contributed by atoms with van der Waals surface area (Å²) in [6.45, 7) is 2.01. The number of nitrogens with two attached hydrogens (primary N) is 1. The van der Waals surface area contributed by atoms with Gasteiger partial charge in [0.1, 0.15) is 0 Å². The number of hydrogen-bond donors (Lipinski definition) is 2. The second kappa shape index (κ2) is 7.57. The van der Waals surface area contributed by atoms with E-state index < -0.39 is 0 Å². The van der Waals surface area contributed by atoms with E-state index in [0.29, 0.717) is 25.1 Å². The highest BCUT2D eigenvalue weighted by molar-refractivity contribution is 5.62. The first-order chi connectivity index (χ1) is 14.7. The van der Waals surface area contributed by atoms with Gasteiger partial charge in [0, 0.05) is 55.8 Å². The van der Waals surface area contributed by atoms with Crippen molar-refractivity contribution in [2.75, 3.05) is 12.3 Å². The average Bonchev–Trinajstić information content (AvgIpc) is 3.19. The lowest BCUT2D eigenvalue weighted by Crippen LogP contribution is -2.35. The molecule has 0 saturated carbocycles. The molecule has 3 N–H and O–H groups in total. The van der Waals surface area contributed by atoms with Crippen LogP contribution < -0.4 is 11.3 Å². The summed E-state index contributed by atoms with van der Waals surface area (Å²) in [5.41, 5.74) is 11.0. The zero-order chi connectivity index (χ0) is 20.5. The molecule has 0 aliphatic carbocycles. The maximum Gasteiger partial charge on any atom is 0.257 e. The molecule has 4 heterocycles. The molecule has 1 aliphatic heterocycles. The van der Waals surface area contributed by atoms with Crippen LogP contribution in [0, 0.1) is 0 Å². The van der Waals surface area contributed by atoms with Gasteiger partial charge in [0.25, 0.3) is 5.56 Å². The second-order valence-electron chi connectivity index (χ2n) is 7.36. The third-order valence-electron chi connectivity index (χ3n) is 5.32. The van der Waals surface area contributed by atoms with E-state index in [2.05, 4.69) is 26.0 Å². The highest BCUT2D eigenvalue weighted by Crippen LogP contribution is 2.26. The maximum atomic E-state index is 12.3. The third kappa shape index (κ3) is 3.48. The summed E-state index contributed by atoms with van der Waals surface area (Å²) >= 11 is 0. The number of pyridine rings is 1. The van der Waals surface area contributed by atoms with Gasteiger partial charge in [0.15, 0.2) is 0 Å². The van der Waals surface area contributed by atoms with Crippen molar-refractivity contribution in [3.63, 3.8) is 0 Å². The second-order valence-corrected chi connectivity index (χ2v) is 7.36. The Balaban J connectivity index is 1.49. The fraction of sp³-hybridized carbons (Fsp3) is 0.182. The Labute approximate surface area is 173 Å². The maximum absolute atomic E-state index is 12.3. The van der Waals surface area contributed by atoms with Crippen LogP contribution in [0.3, 0.4) is 0 Å². The third-order valence-corrected chi connectivity index (χ3v) is 5.32. The van der Waals surface area contributed by atoms with Crippen LogP contribution in [-0.4, -0.2) is 36.2 Å². The average molecular weight is 399 g/mol. The largest absolute Gasteiger partial charge is 0.369 e. The molecular weight excluding hydrogens is 378 g/mol. The predicted octanol–water partition coefficient (Wildman–Crippen LogP) is 2.16. The number of nitrogens with one attached hydrogen (secondary N) is 1. The lowest BCUT2D eigenvalue weighted by atomic mass is 10.0. The summed E-state index contributed by atoms with van der Waals surface area (Å²) in [5.74, 6) is 0.177. The molecule has 0 atom stereocenters. The molecule has 150 valence electrons. The Bertz CT molecular complexity index is 1230. The van der Waals surface area contributed by atoms with Crippen molar-refractivity contribution >= 4 is 5.95 Å². The zero-order valence-corrected chi connectivity index (χ0v) is 16.3. The number of benzene rings is 1. The molecule has 3 aromatic heterocycles. The molecule has 0 amide bonds. The molecule has 8 heteroatoms. The van der Waals surface area contributed by atoms with E-state index >= 15 is 0 Å². The molecule has 0 unspecified atom stereocenters. The molecule has 0 fully saturated rings. The monoisotopic (exact) mass is 399 g/mol. The Hall–Kier alpha value is -3.78. The summed E-state index contributed by atoms with van der Waals surface area (Å²) < 4.78 is 1.90. The van der Waals surface area contributed by atoms with Crippen LogP contribution in [0.1, 0.15) is 16.8 Å². The van der Waals surface area contributed by atoms with Crippen molar-refractivity contribution in [3.05, 3.63) is 88.2 Å². The van der Waals surface area contributed by atoms with Gasteiger partial charge in [-0.3, -0.25) is 19.7 Å². The highest BCUT2D eigenvalue weighted by atomic mass is 16.1. The van der Waals surface area contributed by atoms with Crippen LogP contribution in [0.4, 0.5) is 5.95 Å². The van der Waals surface area contributed by atoms with E-state index in [1.807, 2.05) is 47.1 Å². The zero-order valence-electron chi connectivity index (χ0n) is 16.3. The smallest absolute Gasteiger partial charge is 0.257 e. The first kappa shape index (κ1) is 18.3. The summed E-state index contributed by atoms with van der Waals surface area (Å²) in [7, 11) is 0. The van der Waals surface area contributed by atoms with Gasteiger partial charge >= 0.3 is 0 Å². The lowest BCUT2D eigenvalue weighted by molar-refractivity contribution is 0.242. The Kier molecular flexibility index (Phi) is 4.61. The van der Waals surface area contributed by atoms with Gasteiger partial charge < -0.3 is 5.73 Å². The summed E-state index contributed by atoms with van der Waals surface area (Å²) in [5, 5.41) is 4.86. The summed E-state index contributed by atoms with van der Waals surface area (Å²) in [6.07, 6.45) is 6.30. The SMILES string of the molecule is Nc1nc2c(c(=O)[nH]1)CN(Cc1cn(-c3ccccc3)nc1-c1ccncc1)CC2. The van der Waals surface area contributed by atoms with Crippen LogP contribution in [0.25, 0.3) is 16.9 Å². The Morgan fingerprint density at radius 2 is 1.90 bits per heavy atom. The van der Waals surface area contributed by atoms with E-state index in [4.69, 9.17) is 10.8 Å². The standard InChI is InChI=1S/C22H21N7O/c23-22-25-19-8-11-28(14-18(19)21(30)26-22)12-16-13-29(17-4-2-1-3-5-17)27-20(16)15-6-9-24-10-7-15/h1-7,9-10,13H,8,11-12,14H2,(H3,23,25,26,30). The van der Waals surface area contributed by atoms with Crippen LogP contribution >= 0.6 is 0 Å². The van der Waals surface area contributed by atoms with Crippen LogP contribution in [-0.2, 0) is 19.5 Å². The van der Waals surface area contributed by atoms with Gasteiger partial charge in [-0.2, -0.15) is 5.10 Å². The van der Waals surface area contributed by atoms with Crippen molar-refractivity contribution in [3.8, 4) is 16.9 Å². The first-order valence-corrected chi connectivity index (χ1v) is 9.81. The minimum absolute atomic E-state index is 0.156. The number of fused-ring (bicyclic) bond motifs is 1. The topological polar surface area (TPSA) is 106 Å². The van der Waals surface area contributed by atoms with Crippen molar-refractivity contribution < 1.29 is 0 Å². The van der Waals surface area contributed by atoms with Crippen LogP contribution in [0.2, 0.25) is 0 Å². The number of aromatic nitrogens is 5. The lowest BCUT2D eigenvalue weighted by Gasteiger charge is -2.27. The first-order valence-electron chi connectivity index (χ1n) is 9.81. The highest BCUT2D eigenvalue weighted by Gasteiger charge is 2.23. The van der Waals surface area contributed by atoms with Crippen molar-refractivity contribution in [2.24, 2.45) is 0 Å². The number of aromatic amines is 1. The van der Waals surface area contributed by atoms with Crippen molar-refractivity contribution in [1.29, 1.82) is 0 Å². The molecule has 4 aromatic rings. The molecule has 0 spiro atoms. The van der Waals surface area contributed by atoms with Gasteiger partial charge in [-0.1, -0.05) is 18.2 Å². The van der Waals surface area contributed by atoms with Crippen LogP contribution in [0.5, 0.6) is 0 Å². The molecule has 30 heavy (non-hydrogen) atoms. The van der Waals surface area contributed by atoms with Crippen LogP contribution in [0.15, 0.2) is 65.8 Å². The van der Waals surface area contributed by atoms with E-state index in [1.165, 1.54) is 0 Å². The number of para-hydroxylation sites is 1. The molecular formula is C22H21N7O.